The molecule has 2 aliphatic heterocycles. The molecule has 2 saturated heterocycles. The quantitative estimate of drug-likeness (QED) is 0.0447. The number of nitrogens with zero attached hydrogens (tertiary/aromatic N) is 5. The van der Waals surface area contributed by atoms with Crippen LogP contribution in [0.5, 0.6) is 17.2 Å². The van der Waals surface area contributed by atoms with Crippen LogP contribution in [0.15, 0.2) is 48.5 Å². The molecule has 0 bridgehead atoms. The first kappa shape index (κ1) is 56.2. The number of rotatable bonds is 26. The van der Waals surface area contributed by atoms with E-state index in [0.717, 1.165) is 60.1 Å². The largest absolute Gasteiger partial charge is 0.489 e. The predicted octanol–water partition coefficient (Wildman–Crippen LogP) is 10.7. The van der Waals surface area contributed by atoms with Gasteiger partial charge in [0.05, 0.1) is 50.0 Å². The van der Waals surface area contributed by atoms with Crippen molar-refractivity contribution in [3.63, 3.8) is 0 Å². The van der Waals surface area contributed by atoms with E-state index < -0.39 is 22.5 Å². The SMILES string of the molecule is CCCCCCCCC(CCCCCC)COc1ccc(NS(=O)Oc2cc(C(=O)N3CCOCC3)ccc2C(=O)N2CCOCC2)cc1OS(=O)Nc1c(C)cc(C)c(-c2nnc3cc(C(C)(C)C)[nH]n23)c1C. The minimum Gasteiger partial charge on any atom is -0.489 e. The molecule has 0 aliphatic carbocycles. The number of aromatic nitrogens is 4. The molecule has 3 N–H and O–H groups in total. The topological polar surface area (TPSA) is 191 Å². The Morgan fingerprint density at radius 1 is 0.703 bits per heavy atom. The van der Waals surface area contributed by atoms with Crippen molar-refractivity contribution in [2.45, 2.75) is 138 Å². The second-order valence-corrected chi connectivity index (χ2v) is 22.3. The van der Waals surface area contributed by atoms with Gasteiger partial charge in [-0.1, -0.05) is 105 Å². The molecular weight excluding hydrogens is 981 g/mol. The lowest BCUT2D eigenvalue weighted by atomic mass is 9.93. The minimum absolute atomic E-state index is 0.0236. The summed E-state index contributed by atoms with van der Waals surface area (Å²) in [6, 6.07) is 13.6. The number of morpholine rings is 2. The third-order valence-corrected chi connectivity index (χ3v) is 15.3. The number of nitrogens with one attached hydrogen (secondary N) is 3. The smallest absolute Gasteiger partial charge is 0.316 e. The molecule has 404 valence electrons. The zero-order valence-corrected chi connectivity index (χ0v) is 46.4. The predicted molar refractivity (Wildman–Crippen MR) is 293 cm³/mol. The van der Waals surface area contributed by atoms with Gasteiger partial charge in [0.1, 0.15) is 0 Å². The van der Waals surface area contributed by atoms with Gasteiger partial charge in [-0.25, -0.2) is 4.52 Å². The van der Waals surface area contributed by atoms with Crippen molar-refractivity contribution < 1.29 is 40.6 Å². The number of amides is 2. The van der Waals surface area contributed by atoms with Crippen LogP contribution < -0.4 is 22.5 Å². The van der Waals surface area contributed by atoms with E-state index in [9.17, 15) is 18.0 Å². The molecule has 0 spiro atoms. The molecule has 2 aromatic heterocycles. The Labute approximate surface area is 442 Å². The van der Waals surface area contributed by atoms with Gasteiger partial charge in [-0.15, -0.1) is 10.2 Å². The van der Waals surface area contributed by atoms with Crippen LogP contribution in [0.25, 0.3) is 17.0 Å². The number of benzene rings is 3. The summed E-state index contributed by atoms with van der Waals surface area (Å²) in [7, 11) is 0. The number of ether oxygens (including phenoxy) is 3. The van der Waals surface area contributed by atoms with Gasteiger partial charge in [0.2, 0.25) is 0 Å². The molecule has 0 radical (unpaired) electrons. The Morgan fingerprint density at radius 3 is 1.97 bits per heavy atom. The molecule has 3 aromatic carbocycles. The summed E-state index contributed by atoms with van der Waals surface area (Å²) in [5.41, 5.74) is 6.39. The van der Waals surface area contributed by atoms with Gasteiger partial charge in [0.25, 0.3) is 11.8 Å². The zero-order chi connectivity index (χ0) is 52.8. The van der Waals surface area contributed by atoms with E-state index in [2.05, 4.69) is 59.4 Å². The second kappa shape index (κ2) is 26.8. The van der Waals surface area contributed by atoms with Gasteiger partial charge in [-0.2, -0.15) is 8.42 Å². The first-order valence-corrected chi connectivity index (χ1v) is 28.7. The van der Waals surface area contributed by atoms with Gasteiger partial charge in [0, 0.05) is 60.5 Å². The number of aromatic amines is 1. The average molecular weight is 1060 g/mol. The Bertz CT molecular complexity index is 2720. The van der Waals surface area contributed by atoms with Gasteiger partial charge < -0.3 is 32.4 Å². The highest BCUT2D eigenvalue weighted by Gasteiger charge is 2.28. The zero-order valence-electron chi connectivity index (χ0n) is 44.8. The maximum Gasteiger partial charge on any atom is 0.316 e. The average Bonchev–Trinajstić information content (AvgIpc) is 4.00. The number of anilines is 2. The van der Waals surface area contributed by atoms with Crippen LogP contribution in [-0.4, -0.2) is 109 Å². The van der Waals surface area contributed by atoms with Crippen molar-refractivity contribution >= 4 is 51.4 Å². The molecule has 7 rings (SSSR count). The Kier molecular flexibility index (Phi) is 20.4. The number of carbonyl (C=O) groups excluding carboxylic acids is 2. The number of carbonyl (C=O) groups is 2. The van der Waals surface area contributed by atoms with E-state index in [1.54, 1.807) is 34.1 Å². The third kappa shape index (κ3) is 14.9. The molecule has 4 heterocycles. The van der Waals surface area contributed by atoms with E-state index in [-0.39, 0.29) is 39.9 Å². The summed E-state index contributed by atoms with van der Waals surface area (Å²) in [4.78, 5) is 30.8. The van der Waals surface area contributed by atoms with Crippen LogP contribution in [0, 0.1) is 26.7 Å². The number of unbranched alkanes of at least 4 members (excludes halogenated alkanes) is 8. The second-order valence-electron chi connectivity index (χ2n) is 20.6. The minimum atomic E-state index is -2.30. The van der Waals surface area contributed by atoms with Crippen molar-refractivity contribution in [1.29, 1.82) is 0 Å². The number of fused-ring (bicyclic) bond motifs is 1. The van der Waals surface area contributed by atoms with Crippen LogP contribution in [0.2, 0.25) is 0 Å². The molecule has 2 amide bonds. The number of H-pyrrole nitrogens is 1. The summed E-state index contributed by atoms with van der Waals surface area (Å²) in [6.45, 7) is 20.4. The van der Waals surface area contributed by atoms with Crippen LogP contribution in [0.4, 0.5) is 11.4 Å². The number of hydrogen-bond acceptors (Lipinski definition) is 11. The van der Waals surface area contributed by atoms with Crippen molar-refractivity contribution in [3.05, 3.63) is 82.0 Å². The fourth-order valence-electron chi connectivity index (χ4n) is 9.53. The first-order valence-electron chi connectivity index (χ1n) is 26.6. The van der Waals surface area contributed by atoms with Gasteiger partial charge in [-0.3, -0.25) is 24.1 Å². The molecule has 5 aromatic rings. The van der Waals surface area contributed by atoms with Gasteiger partial charge >= 0.3 is 22.5 Å². The Morgan fingerprint density at radius 2 is 1.31 bits per heavy atom. The molecule has 2 fully saturated rings. The first-order chi connectivity index (χ1) is 35.6. The van der Waals surface area contributed by atoms with Gasteiger partial charge in [0.15, 0.2) is 28.7 Å². The molecule has 17 nitrogen and oxygen atoms in total. The lowest BCUT2D eigenvalue weighted by Gasteiger charge is -2.28. The number of hydrogen-bond donors (Lipinski definition) is 3. The van der Waals surface area contributed by atoms with Gasteiger partial charge in [-0.05, 0) is 86.6 Å². The molecule has 19 heteroatoms. The molecule has 2 aliphatic rings. The standard InChI is InChI=1S/C55H78N8O9S2/c1-9-11-13-15-16-18-20-41(19-17-14-12-10-2)37-70-45-24-22-43(59-73(66)71-46-34-42(53(64)61-25-29-68-30-26-61)21-23-44(46)54(65)62-27-31-69-32-28-62)35-47(45)72-74(67)60-51-39(4)33-38(3)50(40(51)5)52-57-56-49-36-48(55(6,7)8)58-63(49)52/h21-24,33-36,41,58-60H,9-20,25-32,37H2,1-8H3. The summed E-state index contributed by atoms with van der Waals surface area (Å²) in [5, 5.41) is 12.5. The van der Waals surface area contributed by atoms with Crippen LogP contribution in [-0.2, 0) is 37.4 Å². The molecule has 74 heavy (non-hydrogen) atoms. The summed E-state index contributed by atoms with van der Waals surface area (Å²) < 4.78 is 66.1. The maximum atomic E-state index is 14.3. The highest BCUT2D eigenvalue weighted by atomic mass is 32.2. The third-order valence-electron chi connectivity index (χ3n) is 13.8. The summed E-state index contributed by atoms with van der Waals surface area (Å²) in [6.07, 6.45) is 14.0. The van der Waals surface area contributed by atoms with Crippen LogP contribution >= 0.6 is 0 Å². The van der Waals surface area contributed by atoms with E-state index >= 15 is 0 Å². The lowest BCUT2D eigenvalue weighted by Crippen LogP contribution is -2.41. The van der Waals surface area contributed by atoms with Crippen molar-refractivity contribution in [1.82, 2.24) is 29.6 Å². The summed E-state index contributed by atoms with van der Waals surface area (Å²) >= 11 is -4.46. The molecular formula is C55H78N8O9S2. The van der Waals surface area contributed by atoms with Crippen molar-refractivity contribution in [3.8, 4) is 28.6 Å². The Balaban J connectivity index is 1.15. The molecule has 3 unspecified atom stereocenters. The van der Waals surface area contributed by atoms with E-state index in [4.69, 9.17) is 22.6 Å². The van der Waals surface area contributed by atoms with E-state index in [1.807, 2.05) is 37.4 Å². The molecule has 3 atom stereocenters. The van der Waals surface area contributed by atoms with Crippen LogP contribution in [0.1, 0.15) is 155 Å². The summed E-state index contributed by atoms with van der Waals surface area (Å²) in [5.74, 6) is 0.843. The maximum absolute atomic E-state index is 14.3. The van der Waals surface area contributed by atoms with E-state index in [0.29, 0.717) is 93.7 Å². The lowest BCUT2D eigenvalue weighted by molar-refractivity contribution is 0.0297. The monoisotopic (exact) mass is 1060 g/mol. The fourth-order valence-corrected chi connectivity index (χ4v) is 11.0. The fraction of sp³-hybridized carbons (Fsp3) is 0.564. The van der Waals surface area contributed by atoms with E-state index in [1.165, 1.54) is 57.1 Å². The van der Waals surface area contributed by atoms with Crippen LogP contribution in [0.3, 0.4) is 0 Å². The highest BCUT2D eigenvalue weighted by Crippen LogP contribution is 2.37. The number of aryl methyl sites for hydroxylation is 2. The van der Waals surface area contributed by atoms with Crippen molar-refractivity contribution in [2.75, 3.05) is 68.7 Å². The Hall–Kier alpha value is -5.50. The van der Waals surface area contributed by atoms with Crippen molar-refractivity contribution in [2.24, 2.45) is 5.92 Å². The highest BCUT2D eigenvalue weighted by molar-refractivity contribution is 7.82. The normalized spacial score (nSPS) is 15.5. The molecule has 0 saturated carbocycles.